The third-order valence-corrected chi connectivity index (χ3v) is 6.33. The number of rotatable bonds is 2. The number of hydrogen-bond acceptors (Lipinski definition) is 4. The van der Waals surface area contributed by atoms with E-state index < -0.39 is 0 Å². The van der Waals surface area contributed by atoms with Crippen molar-refractivity contribution in [2.24, 2.45) is 0 Å². The van der Waals surface area contributed by atoms with Gasteiger partial charge < -0.3 is 4.90 Å². The summed E-state index contributed by atoms with van der Waals surface area (Å²) in [4.78, 5) is 21.5. The molecule has 0 bridgehead atoms. The fourth-order valence-corrected chi connectivity index (χ4v) is 4.89. The van der Waals surface area contributed by atoms with Crippen LogP contribution < -0.4 is 4.90 Å². The van der Waals surface area contributed by atoms with Crippen molar-refractivity contribution < 1.29 is 4.79 Å². The van der Waals surface area contributed by atoms with Gasteiger partial charge in [-0.05, 0) is 43.3 Å². The Hall–Kier alpha value is -1.98. The van der Waals surface area contributed by atoms with Crippen LogP contribution in [0.2, 0.25) is 0 Å². The summed E-state index contributed by atoms with van der Waals surface area (Å²) in [5.74, 6) is 0.0697. The SMILES string of the molecule is Cc1nc(-c2cccs2)sc1C(=O)N1c2ccccc2CC1C. The van der Waals surface area contributed by atoms with Crippen molar-refractivity contribution in [1.82, 2.24) is 4.98 Å². The molecule has 1 unspecified atom stereocenters. The van der Waals surface area contributed by atoms with Crippen LogP contribution in [0.15, 0.2) is 41.8 Å². The molecule has 1 aromatic carbocycles. The monoisotopic (exact) mass is 340 g/mol. The van der Waals surface area contributed by atoms with Gasteiger partial charge in [-0.1, -0.05) is 24.3 Å². The topological polar surface area (TPSA) is 33.2 Å². The molecule has 116 valence electrons. The molecule has 1 aliphatic rings. The van der Waals surface area contributed by atoms with Gasteiger partial charge in [0.1, 0.15) is 9.88 Å². The number of aromatic nitrogens is 1. The van der Waals surface area contributed by atoms with E-state index in [1.54, 1.807) is 11.3 Å². The predicted octanol–water partition coefficient (Wildman–Crippen LogP) is 4.77. The molecule has 0 fully saturated rings. The lowest BCUT2D eigenvalue weighted by Crippen LogP contribution is -2.35. The number of anilines is 1. The number of para-hydroxylation sites is 1. The Kier molecular flexibility index (Phi) is 3.54. The molecule has 23 heavy (non-hydrogen) atoms. The van der Waals surface area contributed by atoms with Gasteiger partial charge in [-0.3, -0.25) is 4.79 Å². The molecule has 0 spiro atoms. The number of carbonyl (C=O) groups is 1. The molecular formula is C18H16N2OS2. The highest BCUT2D eigenvalue weighted by molar-refractivity contribution is 7.22. The summed E-state index contributed by atoms with van der Waals surface area (Å²) in [6, 6.07) is 12.4. The van der Waals surface area contributed by atoms with Crippen molar-refractivity contribution in [1.29, 1.82) is 0 Å². The summed E-state index contributed by atoms with van der Waals surface area (Å²) >= 11 is 3.15. The standard InChI is InChI=1S/C18H16N2OS2/c1-11-10-13-6-3-4-7-14(13)20(11)18(21)16-12(2)19-17(23-16)15-8-5-9-22-15/h3-9,11H,10H2,1-2H3. The van der Waals surface area contributed by atoms with E-state index in [9.17, 15) is 4.79 Å². The Balaban J connectivity index is 1.73. The van der Waals surface area contributed by atoms with Crippen LogP contribution in [0.5, 0.6) is 0 Å². The van der Waals surface area contributed by atoms with Gasteiger partial charge in [0.15, 0.2) is 0 Å². The molecule has 3 aromatic rings. The maximum Gasteiger partial charge on any atom is 0.270 e. The molecular weight excluding hydrogens is 324 g/mol. The van der Waals surface area contributed by atoms with Crippen LogP contribution in [0.25, 0.3) is 9.88 Å². The van der Waals surface area contributed by atoms with E-state index in [0.29, 0.717) is 0 Å². The number of amides is 1. The second-order valence-electron chi connectivity index (χ2n) is 5.77. The van der Waals surface area contributed by atoms with Crippen molar-refractivity contribution in [3.8, 4) is 9.88 Å². The fourth-order valence-electron chi connectivity index (χ4n) is 3.08. The molecule has 5 heteroatoms. The van der Waals surface area contributed by atoms with Gasteiger partial charge in [-0.2, -0.15) is 0 Å². The summed E-state index contributed by atoms with van der Waals surface area (Å²) in [6.45, 7) is 4.03. The lowest BCUT2D eigenvalue weighted by molar-refractivity contribution is 0.0984. The van der Waals surface area contributed by atoms with Crippen molar-refractivity contribution >= 4 is 34.3 Å². The van der Waals surface area contributed by atoms with Gasteiger partial charge in [0.05, 0.1) is 10.6 Å². The van der Waals surface area contributed by atoms with E-state index >= 15 is 0 Å². The third kappa shape index (κ3) is 2.40. The summed E-state index contributed by atoms with van der Waals surface area (Å²) in [5, 5.41) is 2.97. The van der Waals surface area contributed by atoms with Crippen LogP contribution in [0, 0.1) is 6.92 Å². The van der Waals surface area contributed by atoms with Gasteiger partial charge in [-0.15, -0.1) is 22.7 Å². The highest BCUT2D eigenvalue weighted by Gasteiger charge is 2.33. The van der Waals surface area contributed by atoms with E-state index in [0.717, 1.165) is 32.6 Å². The average molecular weight is 340 g/mol. The second kappa shape index (κ2) is 5.58. The first kappa shape index (κ1) is 14.6. The Morgan fingerprint density at radius 1 is 1.26 bits per heavy atom. The Labute approximate surface area is 143 Å². The summed E-state index contributed by atoms with van der Waals surface area (Å²) in [6.07, 6.45) is 0.914. The molecule has 1 amide bonds. The molecule has 3 nitrogen and oxygen atoms in total. The number of thiophene rings is 1. The lowest BCUT2D eigenvalue weighted by atomic mass is 10.1. The highest BCUT2D eigenvalue weighted by atomic mass is 32.1. The van der Waals surface area contributed by atoms with E-state index in [1.165, 1.54) is 16.9 Å². The first-order valence-electron chi connectivity index (χ1n) is 7.58. The van der Waals surface area contributed by atoms with Gasteiger partial charge in [0.25, 0.3) is 5.91 Å². The molecule has 1 aliphatic heterocycles. The number of hydrogen-bond donors (Lipinski definition) is 0. The van der Waals surface area contributed by atoms with Crippen molar-refractivity contribution in [2.75, 3.05) is 4.90 Å². The molecule has 0 saturated carbocycles. The fraction of sp³-hybridized carbons (Fsp3) is 0.222. The summed E-state index contributed by atoms with van der Waals surface area (Å²) in [7, 11) is 0. The minimum Gasteiger partial charge on any atom is -0.304 e. The zero-order valence-corrected chi connectivity index (χ0v) is 14.6. The molecule has 2 aromatic heterocycles. The molecule has 0 N–H and O–H groups in total. The summed E-state index contributed by atoms with van der Waals surface area (Å²) in [5.41, 5.74) is 3.10. The quantitative estimate of drug-likeness (QED) is 0.673. The first-order chi connectivity index (χ1) is 11.1. The van der Waals surface area contributed by atoms with Crippen LogP contribution in [-0.4, -0.2) is 16.9 Å². The number of fused-ring (bicyclic) bond motifs is 1. The normalized spacial score (nSPS) is 16.6. The Morgan fingerprint density at radius 3 is 2.87 bits per heavy atom. The van der Waals surface area contributed by atoms with Gasteiger partial charge in [0, 0.05) is 11.7 Å². The molecule has 1 atom stereocenters. The maximum absolute atomic E-state index is 13.1. The molecule has 3 heterocycles. The van der Waals surface area contributed by atoms with Crippen LogP contribution in [0.4, 0.5) is 5.69 Å². The van der Waals surface area contributed by atoms with Crippen molar-refractivity contribution in [2.45, 2.75) is 26.3 Å². The van der Waals surface area contributed by atoms with Crippen LogP contribution in [-0.2, 0) is 6.42 Å². The van der Waals surface area contributed by atoms with Crippen molar-refractivity contribution in [3.63, 3.8) is 0 Å². The van der Waals surface area contributed by atoms with E-state index in [2.05, 4.69) is 18.0 Å². The number of aryl methyl sites for hydroxylation is 1. The minimum absolute atomic E-state index is 0.0697. The smallest absolute Gasteiger partial charge is 0.270 e. The average Bonchev–Trinajstić information content (AvgIpc) is 3.23. The number of nitrogens with zero attached hydrogens (tertiary/aromatic N) is 2. The zero-order chi connectivity index (χ0) is 16.0. The number of benzene rings is 1. The Morgan fingerprint density at radius 2 is 2.09 bits per heavy atom. The minimum atomic E-state index is 0.0697. The number of carbonyl (C=O) groups excluding carboxylic acids is 1. The lowest BCUT2D eigenvalue weighted by Gasteiger charge is -2.22. The van der Waals surface area contributed by atoms with E-state index in [4.69, 9.17) is 0 Å². The van der Waals surface area contributed by atoms with Gasteiger partial charge >= 0.3 is 0 Å². The first-order valence-corrected chi connectivity index (χ1v) is 9.27. The van der Waals surface area contributed by atoms with Crippen LogP contribution >= 0.6 is 22.7 Å². The zero-order valence-electron chi connectivity index (χ0n) is 12.9. The largest absolute Gasteiger partial charge is 0.304 e. The molecule has 0 radical (unpaired) electrons. The number of thiazole rings is 1. The van der Waals surface area contributed by atoms with Gasteiger partial charge in [0.2, 0.25) is 0 Å². The molecule has 0 aliphatic carbocycles. The third-order valence-electron chi connectivity index (χ3n) is 4.15. The molecule has 0 saturated heterocycles. The predicted molar refractivity (Wildman–Crippen MR) is 96.6 cm³/mol. The van der Waals surface area contributed by atoms with E-state index in [-0.39, 0.29) is 11.9 Å². The van der Waals surface area contributed by atoms with Crippen LogP contribution in [0.1, 0.15) is 27.9 Å². The second-order valence-corrected chi connectivity index (χ2v) is 7.71. The Bertz CT molecular complexity index is 867. The molecule has 4 rings (SSSR count). The highest BCUT2D eigenvalue weighted by Crippen LogP contribution is 2.36. The van der Waals surface area contributed by atoms with Crippen molar-refractivity contribution in [3.05, 3.63) is 57.9 Å². The van der Waals surface area contributed by atoms with E-state index in [1.807, 2.05) is 47.5 Å². The maximum atomic E-state index is 13.1. The summed E-state index contributed by atoms with van der Waals surface area (Å²) < 4.78 is 0. The van der Waals surface area contributed by atoms with Gasteiger partial charge in [-0.25, -0.2) is 4.98 Å². The van der Waals surface area contributed by atoms with Crippen LogP contribution in [0.3, 0.4) is 0 Å².